The van der Waals surface area contributed by atoms with Gasteiger partial charge in [-0.15, -0.1) is 0 Å². The Morgan fingerprint density at radius 2 is 0.266 bits per heavy atom. The first kappa shape index (κ1) is 132. The van der Waals surface area contributed by atoms with E-state index in [1.807, 2.05) is 0 Å². The van der Waals surface area contributed by atoms with Crippen molar-refractivity contribution in [3.05, 3.63) is 0 Å². The van der Waals surface area contributed by atoms with Gasteiger partial charge >= 0.3 is 32.7 Å². The van der Waals surface area contributed by atoms with Crippen LogP contribution >= 0.6 is 23.5 Å². The molecule has 18 unspecified atom stereocenters. The molecule has 12 nitrogen and oxygen atoms in total. The molecule has 0 saturated heterocycles. The van der Waals surface area contributed by atoms with E-state index in [1.54, 1.807) is 0 Å². The van der Waals surface area contributed by atoms with Crippen molar-refractivity contribution in [1.82, 2.24) is 0 Å². The zero-order valence-electron chi connectivity index (χ0n) is 92.4. The van der Waals surface area contributed by atoms with Crippen molar-refractivity contribution in [3.8, 4) is 0 Å². The van der Waals surface area contributed by atoms with Crippen molar-refractivity contribution >= 4 is 23.5 Å². The summed E-state index contributed by atoms with van der Waals surface area (Å²) in [5.74, 6) is 6.99. The summed E-state index contributed by atoms with van der Waals surface area (Å²) in [6, 6.07) is 0. The van der Waals surface area contributed by atoms with Crippen LogP contribution < -0.4 is 14.7 Å². The van der Waals surface area contributed by atoms with Gasteiger partial charge in [-0.1, -0.05) is 371 Å². The maximum absolute atomic E-state index is 13.1. The van der Waals surface area contributed by atoms with Crippen LogP contribution in [0.15, 0.2) is 0 Å². The Labute approximate surface area is 803 Å². The molecule has 18 atom stereocenters. The molecule has 0 aliphatic rings. The number of phosphoric acid groups is 3. The molecular weight excluding hydrogens is 1670 g/mol. The van der Waals surface area contributed by atoms with Crippen LogP contribution in [0.25, 0.3) is 0 Å². The minimum Gasteiger partial charge on any atom is -0.756 e. The fourth-order valence-electron chi connectivity index (χ4n) is 21.1. The normalized spacial score (nSPS) is 19.6. The molecule has 0 saturated carbocycles. The second kappa shape index (κ2) is 57.6. The molecule has 0 aromatic heterocycles. The number of phosphoric ester groups is 3. The van der Waals surface area contributed by atoms with Gasteiger partial charge in [-0.05, 0) is 287 Å². The zero-order valence-corrected chi connectivity index (χ0v) is 97.9. The third-order valence-electron chi connectivity index (χ3n) is 25.1. The van der Waals surface area contributed by atoms with E-state index in [0.717, 1.165) is 116 Å². The van der Waals surface area contributed by atoms with Crippen molar-refractivity contribution in [2.45, 2.75) is 486 Å². The minimum absolute atomic E-state index is 0. The summed E-state index contributed by atoms with van der Waals surface area (Å²) in [5.41, 5.74) is 2.91. The first-order chi connectivity index (χ1) is 54.5. The van der Waals surface area contributed by atoms with E-state index in [4.69, 9.17) is 27.1 Å². The first-order valence-electron chi connectivity index (χ1n) is 50.3. The van der Waals surface area contributed by atoms with Gasteiger partial charge in [0.2, 0.25) is 0 Å². The van der Waals surface area contributed by atoms with Gasteiger partial charge in [0, 0.05) is 0 Å². The van der Waals surface area contributed by atoms with Crippen LogP contribution in [-0.2, 0) is 73.5 Å². The van der Waals surface area contributed by atoms with Crippen molar-refractivity contribution in [3.63, 3.8) is 0 Å². The van der Waals surface area contributed by atoms with Gasteiger partial charge in [0.05, 0.1) is 39.6 Å². The summed E-state index contributed by atoms with van der Waals surface area (Å²) in [6.45, 7) is 111. The third-order valence-corrected chi connectivity index (χ3v) is 27.9. The monoisotopic (exact) mass is 1890 g/mol. The quantitative estimate of drug-likeness (QED) is 0.0528. The van der Waals surface area contributed by atoms with E-state index < -0.39 is 23.5 Å². The SMILES string of the molecule is CC(CCC(COP(=O)([O-])OCC(CCC(C)CC(C)(C)C)C(C)CC(C)(C)C)C(C)CC(C)(C)C)CC(C)(C)C.CC(CCC(COP(=O)([O-])OCC(CCC(C)CC(C)(C)C)C(C)CC(C)(C)C)C(C)CC(C)(C)C)CC(C)(C)C.CC(CCC(COP(=O)([O-])OCC(CCC(C)CC(C)(C)C)C(C)CC(C)(C)C)C(C)CC(C)(C)C)CC(C)(C)C.[Y+3]. The van der Waals surface area contributed by atoms with Crippen LogP contribution in [0.2, 0.25) is 0 Å². The molecule has 0 heterocycles. The van der Waals surface area contributed by atoms with Crippen LogP contribution in [-0.4, -0.2) is 39.6 Å². The Kier molecular flexibility index (Phi) is 61.2. The fraction of sp³-hybridized carbons (Fsp3) is 1.00. The molecule has 0 spiro atoms. The van der Waals surface area contributed by atoms with Gasteiger partial charge in [0.25, 0.3) is 23.5 Å². The van der Waals surface area contributed by atoms with Gasteiger partial charge in [0.1, 0.15) is 0 Å². The molecule has 0 amide bonds. The summed E-state index contributed by atoms with van der Waals surface area (Å²) in [6.07, 6.45) is 25.6. The second-order valence-corrected chi connectivity index (χ2v) is 61.0. The van der Waals surface area contributed by atoms with E-state index in [0.29, 0.717) is 104 Å². The van der Waals surface area contributed by atoms with Crippen LogP contribution in [0.5, 0.6) is 0 Å². The Morgan fingerprint density at radius 3 is 0.347 bits per heavy atom. The van der Waals surface area contributed by atoms with Gasteiger partial charge in [0.15, 0.2) is 0 Å². The molecule has 0 fully saturated rings. The summed E-state index contributed by atoms with van der Waals surface area (Å²) in [4.78, 5) is 39.3. The Bertz CT molecular complexity index is 2380. The molecule has 0 aromatic carbocycles. The molecule has 0 aromatic rings. The topological polar surface area (TPSA) is 176 Å². The third kappa shape index (κ3) is 80.7. The summed E-state index contributed by atoms with van der Waals surface area (Å²) >= 11 is 0. The molecule has 0 bridgehead atoms. The predicted molar refractivity (Wildman–Crippen MR) is 534 cm³/mol. The number of hydrogen-bond donors (Lipinski definition) is 0. The minimum atomic E-state index is -4.39. The molecule has 0 rings (SSSR count). The average Bonchev–Trinajstić information content (AvgIpc) is 0.876. The van der Waals surface area contributed by atoms with Gasteiger partial charge in [-0.3, -0.25) is 13.7 Å². The summed E-state index contributed by atoms with van der Waals surface area (Å²) in [5, 5.41) is 0. The van der Waals surface area contributed by atoms with E-state index in [-0.39, 0.29) is 140 Å². The molecule has 124 heavy (non-hydrogen) atoms. The van der Waals surface area contributed by atoms with Crippen LogP contribution in [0.3, 0.4) is 0 Å². The fourth-order valence-corrected chi connectivity index (χ4v) is 23.6. The van der Waals surface area contributed by atoms with Crippen molar-refractivity contribution in [2.75, 3.05) is 39.6 Å². The molecule has 16 heteroatoms. The molecule has 0 N–H and O–H groups in total. The second-order valence-electron chi connectivity index (χ2n) is 56.8. The maximum atomic E-state index is 13.1. The van der Waals surface area contributed by atoms with E-state index in [9.17, 15) is 28.4 Å². The van der Waals surface area contributed by atoms with Crippen LogP contribution in [0.4, 0.5) is 0 Å². The van der Waals surface area contributed by atoms with E-state index in [1.165, 1.54) is 38.5 Å². The Morgan fingerprint density at radius 1 is 0.177 bits per heavy atom. The molecular formula is C108H222O12P3Y. The summed E-state index contributed by atoms with van der Waals surface area (Å²) in [7, 11) is -13.2. The van der Waals surface area contributed by atoms with Gasteiger partial charge in [-0.2, -0.15) is 0 Å². The molecule has 0 aliphatic carbocycles. The van der Waals surface area contributed by atoms with Gasteiger partial charge < -0.3 is 41.8 Å². The molecule has 744 valence electrons. The summed E-state index contributed by atoms with van der Waals surface area (Å²) < 4.78 is 73.2. The Hall–Kier alpha value is 1.43. The largest absolute Gasteiger partial charge is 3.00 e. The van der Waals surface area contributed by atoms with Crippen molar-refractivity contribution in [2.24, 2.45) is 172 Å². The average molecular weight is 1890 g/mol. The first-order valence-corrected chi connectivity index (χ1v) is 54.7. The molecule has 0 aliphatic heterocycles. The van der Waals surface area contributed by atoms with Crippen LogP contribution in [0.1, 0.15) is 486 Å². The van der Waals surface area contributed by atoms with Crippen LogP contribution in [0, 0.1) is 172 Å². The standard InChI is InChI=1S/3C36H75O4P.Y/c3*1-27(21-33(5,6)7)17-19-31(29(3)23-35(11,12)13)25-39-41(37,38)40-26-32(30(4)24-36(14,15)16)20-18-28(2)22-34(8,9)10;/h3*27-32H,17-26H2,1-16H3,(H,37,38);/q;;;+3/p-3. The van der Waals surface area contributed by atoms with Crippen molar-refractivity contribution in [1.29, 1.82) is 0 Å². The van der Waals surface area contributed by atoms with Gasteiger partial charge in [-0.25, -0.2) is 0 Å². The van der Waals surface area contributed by atoms with Crippen molar-refractivity contribution < 1.29 is 88.2 Å². The van der Waals surface area contributed by atoms with E-state index in [2.05, 4.69) is 332 Å². The number of hydrogen-bond acceptors (Lipinski definition) is 12. The predicted octanol–water partition coefficient (Wildman–Crippen LogP) is 34.7. The zero-order chi connectivity index (χ0) is 97.3. The Balaban J connectivity index is -0.000000867. The maximum Gasteiger partial charge on any atom is 3.00 e. The number of rotatable bonds is 54. The molecule has 0 radical (unpaired) electrons. The smallest absolute Gasteiger partial charge is 0.756 e. The van der Waals surface area contributed by atoms with E-state index >= 15 is 0 Å².